The first-order valence-electron chi connectivity index (χ1n) is 10.6. The van der Waals surface area contributed by atoms with E-state index >= 15 is 0 Å². The predicted octanol–water partition coefficient (Wildman–Crippen LogP) is 3.81. The van der Waals surface area contributed by atoms with Crippen molar-refractivity contribution in [1.29, 1.82) is 0 Å². The summed E-state index contributed by atoms with van der Waals surface area (Å²) in [6.45, 7) is 17.1. The van der Waals surface area contributed by atoms with E-state index in [4.69, 9.17) is 11.6 Å². The zero-order chi connectivity index (χ0) is 21.4. The summed E-state index contributed by atoms with van der Waals surface area (Å²) in [5, 5.41) is 7.28. The van der Waals surface area contributed by atoms with Crippen LogP contribution in [-0.4, -0.2) is 75.2 Å². The fourth-order valence-electron chi connectivity index (χ4n) is 3.72. The Bertz CT molecular complexity index is 677. The number of hydrogen-bond donors (Lipinski definition) is 2. The highest BCUT2D eigenvalue weighted by Crippen LogP contribution is 2.29. The smallest absolute Gasteiger partial charge is 0.191 e. The number of hydrogen-bond acceptors (Lipinski definition) is 3. The van der Waals surface area contributed by atoms with E-state index in [9.17, 15) is 4.39 Å². The topological polar surface area (TPSA) is 42.9 Å². The molecule has 0 saturated carbocycles. The second-order valence-electron chi connectivity index (χ2n) is 8.65. The van der Waals surface area contributed by atoms with Crippen molar-refractivity contribution in [2.45, 2.75) is 33.1 Å². The van der Waals surface area contributed by atoms with Crippen LogP contribution in [0.4, 0.5) is 4.39 Å². The van der Waals surface area contributed by atoms with Crippen molar-refractivity contribution >= 4 is 41.5 Å². The minimum atomic E-state index is -0.315. The Morgan fingerprint density at radius 3 is 2.40 bits per heavy atom. The van der Waals surface area contributed by atoms with Crippen molar-refractivity contribution in [3.05, 3.63) is 34.6 Å². The van der Waals surface area contributed by atoms with Crippen LogP contribution in [0.5, 0.6) is 0 Å². The van der Waals surface area contributed by atoms with Gasteiger partial charge in [0.15, 0.2) is 5.96 Å². The van der Waals surface area contributed by atoms with E-state index in [1.54, 1.807) is 13.1 Å². The molecule has 1 aromatic rings. The van der Waals surface area contributed by atoms with Crippen molar-refractivity contribution in [3.63, 3.8) is 0 Å². The lowest BCUT2D eigenvalue weighted by Gasteiger charge is -2.35. The number of likely N-dealkylation sites (N-methyl/N-ethyl adjacent to an activating group) is 1. The molecule has 8 heteroatoms. The number of piperazine rings is 1. The zero-order valence-corrected chi connectivity index (χ0v) is 22.1. The van der Waals surface area contributed by atoms with Gasteiger partial charge in [-0.3, -0.25) is 4.99 Å². The highest BCUT2D eigenvalue weighted by atomic mass is 127. The van der Waals surface area contributed by atoms with E-state index in [1.165, 1.54) is 25.2 Å². The van der Waals surface area contributed by atoms with Gasteiger partial charge in [0, 0.05) is 63.3 Å². The van der Waals surface area contributed by atoms with E-state index in [0.717, 1.165) is 44.2 Å². The molecule has 1 aliphatic rings. The molecule has 0 bridgehead atoms. The standard InChI is InChI=1S/C22H37ClFN5.HI/c1-6-28-9-11-29(12-10-28)15-17(2)14-26-21(25-5)27-16-22(3,4)19-8-7-18(24)13-20(19)23;/h7-8,13,17H,6,9-12,14-16H2,1-5H3,(H2,25,26,27);1H. The molecule has 1 aliphatic heterocycles. The number of aliphatic imine (C=N–C) groups is 1. The molecule has 2 N–H and O–H groups in total. The lowest BCUT2D eigenvalue weighted by Crippen LogP contribution is -2.49. The number of benzene rings is 1. The van der Waals surface area contributed by atoms with Gasteiger partial charge in [0.1, 0.15) is 5.82 Å². The van der Waals surface area contributed by atoms with Crippen LogP contribution >= 0.6 is 35.6 Å². The van der Waals surface area contributed by atoms with Gasteiger partial charge >= 0.3 is 0 Å². The molecule has 1 heterocycles. The minimum absolute atomic E-state index is 0. The Balaban J connectivity index is 0.00000450. The van der Waals surface area contributed by atoms with E-state index < -0.39 is 0 Å². The number of nitrogens with one attached hydrogen (secondary N) is 2. The van der Waals surface area contributed by atoms with Gasteiger partial charge in [0.25, 0.3) is 0 Å². The molecule has 1 aromatic carbocycles. The number of guanidine groups is 1. The van der Waals surface area contributed by atoms with E-state index in [2.05, 4.69) is 53.1 Å². The normalized spacial score (nSPS) is 17.4. The summed E-state index contributed by atoms with van der Waals surface area (Å²) in [4.78, 5) is 9.39. The molecule has 0 amide bonds. The lowest BCUT2D eigenvalue weighted by molar-refractivity contribution is 0.124. The third-order valence-corrected chi connectivity index (χ3v) is 5.99. The first kappa shape index (κ1) is 27.4. The molecule has 30 heavy (non-hydrogen) atoms. The summed E-state index contributed by atoms with van der Waals surface area (Å²) >= 11 is 6.26. The van der Waals surface area contributed by atoms with Crippen LogP contribution in [-0.2, 0) is 5.41 Å². The fraction of sp³-hybridized carbons (Fsp3) is 0.682. The SMILES string of the molecule is CCN1CCN(CC(C)CNC(=NC)NCC(C)(C)c2ccc(F)cc2Cl)CC1.I. The van der Waals surface area contributed by atoms with Crippen molar-refractivity contribution in [2.75, 3.05) is 59.4 Å². The first-order chi connectivity index (χ1) is 13.7. The van der Waals surface area contributed by atoms with Gasteiger partial charge in [-0.05, 0) is 30.2 Å². The van der Waals surface area contributed by atoms with Crippen LogP contribution in [0.15, 0.2) is 23.2 Å². The molecule has 1 unspecified atom stereocenters. The van der Waals surface area contributed by atoms with E-state index in [0.29, 0.717) is 17.5 Å². The minimum Gasteiger partial charge on any atom is -0.356 e. The summed E-state index contributed by atoms with van der Waals surface area (Å²) < 4.78 is 13.4. The largest absolute Gasteiger partial charge is 0.356 e. The van der Waals surface area contributed by atoms with Crippen LogP contribution in [0, 0.1) is 11.7 Å². The third-order valence-electron chi connectivity index (χ3n) is 5.68. The molecule has 0 aliphatic carbocycles. The fourth-order valence-corrected chi connectivity index (χ4v) is 4.15. The molecular formula is C22H38ClFIN5. The van der Waals surface area contributed by atoms with Crippen LogP contribution in [0.1, 0.15) is 33.3 Å². The summed E-state index contributed by atoms with van der Waals surface area (Å²) in [7, 11) is 1.78. The van der Waals surface area contributed by atoms with Crippen molar-refractivity contribution in [1.82, 2.24) is 20.4 Å². The first-order valence-corrected chi connectivity index (χ1v) is 11.0. The maximum absolute atomic E-state index is 13.4. The molecule has 0 spiro atoms. The van der Waals surface area contributed by atoms with Crippen LogP contribution in [0.25, 0.3) is 0 Å². The average Bonchev–Trinajstić information content (AvgIpc) is 2.68. The molecule has 0 radical (unpaired) electrons. The highest BCUT2D eigenvalue weighted by molar-refractivity contribution is 14.0. The molecule has 0 aromatic heterocycles. The summed E-state index contributed by atoms with van der Waals surface area (Å²) in [6.07, 6.45) is 0. The lowest BCUT2D eigenvalue weighted by atomic mass is 9.84. The van der Waals surface area contributed by atoms with E-state index in [1.807, 2.05) is 0 Å². The zero-order valence-electron chi connectivity index (χ0n) is 19.0. The predicted molar refractivity (Wildman–Crippen MR) is 137 cm³/mol. The van der Waals surface area contributed by atoms with Crippen molar-refractivity contribution in [3.8, 4) is 0 Å². The van der Waals surface area contributed by atoms with Gasteiger partial charge < -0.3 is 20.4 Å². The number of nitrogens with zero attached hydrogens (tertiary/aromatic N) is 3. The van der Waals surface area contributed by atoms with Gasteiger partial charge in [-0.1, -0.05) is 45.4 Å². The van der Waals surface area contributed by atoms with Gasteiger partial charge in [0.05, 0.1) is 0 Å². The maximum Gasteiger partial charge on any atom is 0.191 e. The van der Waals surface area contributed by atoms with Crippen LogP contribution in [0.2, 0.25) is 5.02 Å². The van der Waals surface area contributed by atoms with Gasteiger partial charge in [-0.15, -0.1) is 24.0 Å². The Morgan fingerprint density at radius 2 is 1.83 bits per heavy atom. The molecular weight excluding hydrogens is 516 g/mol. The van der Waals surface area contributed by atoms with Crippen LogP contribution < -0.4 is 10.6 Å². The third kappa shape index (κ3) is 8.48. The Morgan fingerprint density at radius 1 is 1.20 bits per heavy atom. The summed E-state index contributed by atoms with van der Waals surface area (Å²) in [6, 6.07) is 4.58. The number of halogens is 3. The molecule has 1 saturated heterocycles. The quantitative estimate of drug-likeness (QED) is 0.292. The molecule has 1 fully saturated rings. The van der Waals surface area contributed by atoms with Crippen molar-refractivity contribution < 1.29 is 4.39 Å². The van der Waals surface area contributed by atoms with E-state index in [-0.39, 0.29) is 35.2 Å². The Hall–Kier alpha value is -0.640. The van der Waals surface area contributed by atoms with Crippen LogP contribution in [0.3, 0.4) is 0 Å². The molecule has 5 nitrogen and oxygen atoms in total. The Kier molecular flexibility index (Phi) is 11.9. The number of rotatable bonds is 8. The monoisotopic (exact) mass is 553 g/mol. The molecule has 172 valence electrons. The van der Waals surface area contributed by atoms with Gasteiger partial charge in [0.2, 0.25) is 0 Å². The second-order valence-corrected chi connectivity index (χ2v) is 9.06. The Labute approximate surface area is 203 Å². The summed E-state index contributed by atoms with van der Waals surface area (Å²) in [5.74, 6) is 0.991. The second kappa shape index (κ2) is 13.0. The van der Waals surface area contributed by atoms with Gasteiger partial charge in [-0.2, -0.15) is 0 Å². The summed E-state index contributed by atoms with van der Waals surface area (Å²) in [5.41, 5.74) is 0.663. The maximum atomic E-state index is 13.4. The van der Waals surface area contributed by atoms with Crippen molar-refractivity contribution in [2.24, 2.45) is 10.9 Å². The highest BCUT2D eigenvalue weighted by Gasteiger charge is 2.24. The molecule has 1 atom stereocenters. The average molecular weight is 554 g/mol. The van der Waals surface area contributed by atoms with Gasteiger partial charge in [-0.25, -0.2) is 4.39 Å². The molecule has 2 rings (SSSR count).